The van der Waals surface area contributed by atoms with Gasteiger partial charge in [-0.05, 0) is 93.9 Å². The van der Waals surface area contributed by atoms with Crippen LogP contribution in [-0.4, -0.2) is 28.4 Å². The van der Waals surface area contributed by atoms with Crippen LogP contribution in [0, 0.1) is 23.7 Å². The Morgan fingerprint density at radius 2 is 1.56 bits per heavy atom. The average Bonchev–Trinajstić information content (AvgIpc) is 2.60. The summed E-state index contributed by atoms with van der Waals surface area (Å²) < 4.78 is 0. The number of nitrogens with zero attached hydrogens (tertiary/aromatic N) is 2. The SMILES string of the molecule is CC(=O)Nc1ccc(N2N(C3C4CC5CC(C4)CC3C5)C(=O)C2(C)C)cc1. The molecule has 4 aliphatic carbocycles. The summed E-state index contributed by atoms with van der Waals surface area (Å²) in [6.45, 7) is 5.55. The summed E-state index contributed by atoms with van der Waals surface area (Å²) in [5.41, 5.74) is 1.31. The van der Waals surface area contributed by atoms with E-state index in [1.807, 2.05) is 38.1 Å². The molecule has 4 bridgehead atoms. The second-order valence-corrected chi connectivity index (χ2v) is 9.67. The fraction of sp³-hybridized carbons (Fsp3) is 0.636. The number of carbonyl (C=O) groups is 2. The van der Waals surface area contributed by atoms with Crippen LogP contribution < -0.4 is 10.3 Å². The van der Waals surface area contributed by atoms with Crippen LogP contribution in [0.1, 0.15) is 52.9 Å². The van der Waals surface area contributed by atoms with Gasteiger partial charge in [0.15, 0.2) is 0 Å². The third-order valence-electron chi connectivity index (χ3n) is 7.37. The molecule has 1 aromatic carbocycles. The molecule has 27 heavy (non-hydrogen) atoms. The van der Waals surface area contributed by atoms with E-state index in [-0.39, 0.29) is 11.8 Å². The number of hydrogen-bond donors (Lipinski definition) is 1. The van der Waals surface area contributed by atoms with Crippen molar-refractivity contribution in [1.29, 1.82) is 0 Å². The number of anilines is 2. The number of carbonyl (C=O) groups excluding carboxylic acids is 2. The molecule has 0 unspecified atom stereocenters. The van der Waals surface area contributed by atoms with Crippen molar-refractivity contribution in [3.63, 3.8) is 0 Å². The van der Waals surface area contributed by atoms with Gasteiger partial charge in [0.25, 0.3) is 5.91 Å². The summed E-state index contributed by atoms with van der Waals surface area (Å²) in [5, 5.41) is 7.12. The molecule has 1 heterocycles. The summed E-state index contributed by atoms with van der Waals surface area (Å²) in [7, 11) is 0. The van der Waals surface area contributed by atoms with E-state index >= 15 is 0 Å². The van der Waals surface area contributed by atoms with E-state index in [0.717, 1.165) is 23.2 Å². The largest absolute Gasteiger partial charge is 0.326 e. The van der Waals surface area contributed by atoms with Gasteiger partial charge in [-0.15, -0.1) is 0 Å². The van der Waals surface area contributed by atoms with Crippen LogP contribution in [0.3, 0.4) is 0 Å². The molecule has 0 spiro atoms. The molecule has 0 radical (unpaired) electrons. The van der Waals surface area contributed by atoms with E-state index in [1.54, 1.807) is 0 Å². The molecule has 0 aromatic heterocycles. The molecule has 1 aromatic rings. The molecule has 6 rings (SSSR count). The highest BCUT2D eigenvalue weighted by molar-refractivity contribution is 5.98. The van der Waals surface area contributed by atoms with Crippen LogP contribution in [0.2, 0.25) is 0 Å². The summed E-state index contributed by atoms with van der Waals surface area (Å²) in [6, 6.07) is 8.24. The van der Waals surface area contributed by atoms with Crippen molar-refractivity contribution in [2.75, 3.05) is 10.3 Å². The Bertz CT molecular complexity index is 757. The lowest BCUT2D eigenvalue weighted by Crippen LogP contribution is -2.80. The van der Waals surface area contributed by atoms with Crippen molar-refractivity contribution >= 4 is 23.2 Å². The number of hydrazine groups is 1. The molecule has 0 atom stereocenters. The molecular formula is C22H29N3O2. The van der Waals surface area contributed by atoms with Gasteiger partial charge in [-0.2, -0.15) is 0 Å². The fourth-order valence-electron chi connectivity index (χ4n) is 6.59. The first kappa shape index (κ1) is 17.1. The smallest absolute Gasteiger partial charge is 0.268 e. The lowest BCUT2D eigenvalue weighted by molar-refractivity contribution is -0.170. The maximum Gasteiger partial charge on any atom is 0.268 e. The zero-order chi connectivity index (χ0) is 18.9. The highest BCUT2D eigenvalue weighted by Crippen LogP contribution is 2.57. The van der Waals surface area contributed by atoms with Crippen LogP contribution >= 0.6 is 0 Å². The van der Waals surface area contributed by atoms with Crippen molar-refractivity contribution in [2.24, 2.45) is 23.7 Å². The van der Waals surface area contributed by atoms with Gasteiger partial charge in [0.1, 0.15) is 5.54 Å². The van der Waals surface area contributed by atoms with Crippen molar-refractivity contribution in [3.05, 3.63) is 24.3 Å². The van der Waals surface area contributed by atoms with Crippen molar-refractivity contribution in [1.82, 2.24) is 5.01 Å². The molecular weight excluding hydrogens is 338 g/mol. The van der Waals surface area contributed by atoms with Gasteiger partial charge in [0, 0.05) is 12.6 Å². The van der Waals surface area contributed by atoms with Gasteiger partial charge < -0.3 is 5.32 Å². The van der Waals surface area contributed by atoms with Crippen LogP contribution in [0.25, 0.3) is 0 Å². The Morgan fingerprint density at radius 1 is 1.00 bits per heavy atom. The normalized spacial score (nSPS) is 36.0. The van der Waals surface area contributed by atoms with Gasteiger partial charge in [0.05, 0.1) is 11.7 Å². The third kappa shape index (κ3) is 2.50. The quantitative estimate of drug-likeness (QED) is 0.884. The molecule has 144 valence electrons. The summed E-state index contributed by atoms with van der Waals surface area (Å²) in [4.78, 5) is 24.4. The number of benzene rings is 1. The van der Waals surface area contributed by atoms with Crippen LogP contribution in [0.15, 0.2) is 24.3 Å². The second-order valence-electron chi connectivity index (χ2n) is 9.67. The maximum absolute atomic E-state index is 13.1. The first-order valence-electron chi connectivity index (χ1n) is 10.4. The average molecular weight is 367 g/mol. The van der Waals surface area contributed by atoms with E-state index in [1.165, 1.54) is 39.0 Å². The standard InChI is InChI=1S/C22H29N3O2/c1-13(26)23-18-4-6-19(7-5-18)25-22(2,3)21(27)24(25)20-16-9-14-8-15(11-16)12-17(20)10-14/h4-7,14-17,20H,8-12H2,1-3H3,(H,23,26). The maximum atomic E-state index is 13.1. The molecule has 5 fully saturated rings. The summed E-state index contributed by atoms with van der Waals surface area (Å²) in [6.07, 6.45) is 6.64. The molecule has 5 heteroatoms. The molecule has 4 saturated carbocycles. The van der Waals surface area contributed by atoms with Gasteiger partial charge in [-0.1, -0.05) is 0 Å². The Morgan fingerprint density at radius 3 is 2.07 bits per heavy atom. The molecule has 1 aliphatic heterocycles. The number of amides is 2. The highest BCUT2D eigenvalue weighted by Gasteiger charge is 2.61. The van der Waals surface area contributed by atoms with Crippen LogP contribution in [-0.2, 0) is 9.59 Å². The first-order chi connectivity index (χ1) is 12.8. The number of nitrogens with one attached hydrogen (secondary N) is 1. The summed E-state index contributed by atoms with van der Waals surface area (Å²) in [5.74, 6) is 3.32. The number of hydrogen-bond acceptors (Lipinski definition) is 3. The fourth-order valence-corrected chi connectivity index (χ4v) is 6.59. The van der Waals surface area contributed by atoms with Crippen LogP contribution in [0.5, 0.6) is 0 Å². The Kier molecular flexibility index (Phi) is 3.62. The Labute approximate surface area is 161 Å². The lowest BCUT2D eigenvalue weighted by atomic mass is 9.53. The minimum atomic E-state index is -0.510. The van der Waals surface area contributed by atoms with Crippen molar-refractivity contribution in [2.45, 2.75) is 64.5 Å². The number of rotatable bonds is 3. The molecule has 1 N–H and O–H groups in total. The molecule has 1 saturated heterocycles. The van der Waals surface area contributed by atoms with E-state index in [4.69, 9.17) is 0 Å². The van der Waals surface area contributed by atoms with Gasteiger partial charge >= 0.3 is 0 Å². The Balaban J connectivity index is 1.44. The van der Waals surface area contributed by atoms with Crippen molar-refractivity contribution < 1.29 is 9.59 Å². The van der Waals surface area contributed by atoms with E-state index < -0.39 is 5.54 Å². The third-order valence-corrected chi connectivity index (χ3v) is 7.37. The Hall–Kier alpha value is -2.04. The monoisotopic (exact) mass is 367 g/mol. The van der Waals surface area contributed by atoms with E-state index in [9.17, 15) is 9.59 Å². The molecule has 5 aliphatic rings. The zero-order valence-electron chi connectivity index (χ0n) is 16.4. The van der Waals surface area contributed by atoms with Gasteiger partial charge in [-0.25, -0.2) is 5.01 Å². The van der Waals surface area contributed by atoms with Crippen LogP contribution in [0.4, 0.5) is 11.4 Å². The zero-order valence-corrected chi connectivity index (χ0v) is 16.4. The summed E-state index contributed by atoms with van der Waals surface area (Å²) >= 11 is 0. The molecule has 2 amide bonds. The minimum Gasteiger partial charge on any atom is -0.326 e. The second kappa shape index (κ2) is 5.73. The van der Waals surface area contributed by atoms with Gasteiger partial charge in [0.2, 0.25) is 5.91 Å². The van der Waals surface area contributed by atoms with E-state index in [0.29, 0.717) is 17.9 Å². The predicted octanol–water partition coefficient (Wildman–Crippen LogP) is 3.81. The topological polar surface area (TPSA) is 52.7 Å². The van der Waals surface area contributed by atoms with Crippen molar-refractivity contribution in [3.8, 4) is 0 Å². The van der Waals surface area contributed by atoms with Gasteiger partial charge in [-0.3, -0.25) is 14.6 Å². The first-order valence-corrected chi connectivity index (χ1v) is 10.4. The predicted molar refractivity (Wildman–Crippen MR) is 105 cm³/mol. The lowest BCUT2D eigenvalue weighted by Gasteiger charge is -2.65. The van der Waals surface area contributed by atoms with E-state index in [2.05, 4.69) is 15.3 Å². The highest BCUT2D eigenvalue weighted by atomic mass is 16.2. The molecule has 5 nitrogen and oxygen atoms in total. The minimum absolute atomic E-state index is 0.0718.